The topological polar surface area (TPSA) is 48.9 Å². The summed E-state index contributed by atoms with van der Waals surface area (Å²) >= 11 is 0. The lowest BCUT2D eigenvalue weighted by Crippen LogP contribution is -2.05. The summed E-state index contributed by atoms with van der Waals surface area (Å²) < 4.78 is 0. The molecule has 2 rings (SSSR count). The van der Waals surface area contributed by atoms with E-state index in [1.165, 1.54) is 5.56 Å². The molecule has 0 radical (unpaired) electrons. The maximum absolute atomic E-state index is 9.92. The molecule has 3 nitrogen and oxygen atoms in total. The number of benzene rings is 1. The van der Waals surface area contributed by atoms with Crippen LogP contribution in [0.5, 0.6) is 0 Å². The van der Waals surface area contributed by atoms with Crippen LogP contribution in [0, 0.1) is 12.8 Å². The fourth-order valence-corrected chi connectivity index (χ4v) is 1.69. The number of aliphatic hydroxyl groups is 1. The zero-order valence-corrected chi connectivity index (χ0v) is 10.4. The van der Waals surface area contributed by atoms with Crippen molar-refractivity contribution in [3.63, 3.8) is 0 Å². The Morgan fingerprint density at radius 2 is 1.82 bits per heavy atom. The lowest BCUT2D eigenvalue weighted by molar-refractivity contribution is 0.123. The molecule has 2 N–H and O–H groups in total. The maximum Gasteiger partial charge on any atom is 0.137 e. The Morgan fingerprint density at radius 3 is 2.41 bits per heavy atom. The number of aromatic nitrogens is 2. The average molecular weight is 230 g/mol. The van der Waals surface area contributed by atoms with Gasteiger partial charge in [0.1, 0.15) is 5.82 Å². The minimum atomic E-state index is -0.509. The van der Waals surface area contributed by atoms with Crippen molar-refractivity contribution in [3.05, 3.63) is 41.7 Å². The van der Waals surface area contributed by atoms with Crippen LogP contribution in [0.3, 0.4) is 0 Å². The molecule has 0 amide bonds. The highest BCUT2D eigenvalue weighted by molar-refractivity contribution is 5.55. The van der Waals surface area contributed by atoms with Crippen LogP contribution in [-0.4, -0.2) is 15.1 Å². The molecule has 90 valence electrons. The highest BCUT2D eigenvalue weighted by Crippen LogP contribution is 2.23. The third-order valence-electron chi connectivity index (χ3n) is 2.86. The number of aryl methyl sites for hydroxylation is 1. The molecule has 0 aliphatic rings. The van der Waals surface area contributed by atoms with Crippen LogP contribution in [0.1, 0.15) is 31.2 Å². The van der Waals surface area contributed by atoms with Crippen molar-refractivity contribution in [2.45, 2.75) is 26.9 Å². The Morgan fingerprint density at radius 1 is 1.18 bits per heavy atom. The molecule has 1 aromatic heterocycles. The van der Waals surface area contributed by atoms with Crippen LogP contribution >= 0.6 is 0 Å². The van der Waals surface area contributed by atoms with Gasteiger partial charge in [-0.2, -0.15) is 0 Å². The molecule has 3 heteroatoms. The van der Waals surface area contributed by atoms with Crippen molar-refractivity contribution in [2.24, 2.45) is 5.92 Å². The summed E-state index contributed by atoms with van der Waals surface area (Å²) in [7, 11) is 0. The predicted octanol–water partition coefficient (Wildman–Crippen LogP) is 3.07. The summed E-state index contributed by atoms with van der Waals surface area (Å²) in [4.78, 5) is 7.53. The summed E-state index contributed by atoms with van der Waals surface area (Å²) in [5, 5.41) is 9.92. The van der Waals surface area contributed by atoms with E-state index in [0.29, 0.717) is 5.69 Å². The van der Waals surface area contributed by atoms with Gasteiger partial charge >= 0.3 is 0 Å². The summed E-state index contributed by atoms with van der Waals surface area (Å²) in [6, 6.07) is 8.16. The second-order valence-electron chi connectivity index (χ2n) is 4.73. The second kappa shape index (κ2) is 4.72. The first kappa shape index (κ1) is 11.9. The molecule has 1 heterocycles. The van der Waals surface area contributed by atoms with Crippen molar-refractivity contribution in [1.82, 2.24) is 9.97 Å². The molecule has 0 aliphatic carbocycles. The minimum absolute atomic E-state index is 0.171. The number of nitrogens with one attached hydrogen (secondary N) is 1. The first-order valence-corrected chi connectivity index (χ1v) is 5.88. The molecule has 0 saturated heterocycles. The van der Waals surface area contributed by atoms with Gasteiger partial charge in [0.15, 0.2) is 0 Å². The Kier molecular flexibility index (Phi) is 3.29. The van der Waals surface area contributed by atoms with Gasteiger partial charge in [-0.25, -0.2) is 4.98 Å². The molecular weight excluding hydrogens is 212 g/mol. The number of hydrogen-bond donors (Lipinski definition) is 2. The van der Waals surface area contributed by atoms with Gasteiger partial charge in [-0.1, -0.05) is 43.7 Å². The molecule has 0 spiro atoms. The van der Waals surface area contributed by atoms with Crippen molar-refractivity contribution >= 4 is 0 Å². The summed E-state index contributed by atoms with van der Waals surface area (Å²) in [5.41, 5.74) is 2.97. The van der Waals surface area contributed by atoms with Crippen LogP contribution in [0.25, 0.3) is 11.4 Å². The SMILES string of the molecule is Cc1ccc(-c2nc(C(O)C(C)C)c[nH]2)cc1. The number of rotatable bonds is 3. The molecule has 0 aliphatic heterocycles. The summed E-state index contributed by atoms with van der Waals surface area (Å²) in [6.45, 7) is 6.01. The van der Waals surface area contributed by atoms with E-state index >= 15 is 0 Å². The average Bonchev–Trinajstić information content (AvgIpc) is 2.78. The monoisotopic (exact) mass is 230 g/mol. The van der Waals surface area contributed by atoms with E-state index in [0.717, 1.165) is 11.4 Å². The van der Waals surface area contributed by atoms with E-state index < -0.39 is 6.10 Å². The molecule has 1 aromatic carbocycles. The molecule has 0 fully saturated rings. The Balaban J connectivity index is 2.26. The largest absolute Gasteiger partial charge is 0.386 e. The van der Waals surface area contributed by atoms with Crippen molar-refractivity contribution in [1.29, 1.82) is 0 Å². The van der Waals surface area contributed by atoms with E-state index in [9.17, 15) is 5.11 Å². The fourth-order valence-electron chi connectivity index (χ4n) is 1.69. The zero-order chi connectivity index (χ0) is 12.4. The van der Waals surface area contributed by atoms with Gasteiger partial charge in [-0.3, -0.25) is 0 Å². The molecule has 0 bridgehead atoms. The molecule has 1 atom stereocenters. The summed E-state index contributed by atoms with van der Waals surface area (Å²) in [6.07, 6.45) is 1.27. The third-order valence-corrected chi connectivity index (χ3v) is 2.86. The number of hydrogen-bond acceptors (Lipinski definition) is 2. The lowest BCUT2D eigenvalue weighted by atomic mass is 10.1. The van der Waals surface area contributed by atoms with Gasteiger partial charge in [-0.05, 0) is 12.8 Å². The van der Waals surface area contributed by atoms with Gasteiger partial charge in [0.2, 0.25) is 0 Å². The number of H-pyrrole nitrogens is 1. The van der Waals surface area contributed by atoms with Crippen LogP contribution < -0.4 is 0 Å². The Hall–Kier alpha value is -1.61. The van der Waals surface area contributed by atoms with Crippen LogP contribution in [-0.2, 0) is 0 Å². The quantitative estimate of drug-likeness (QED) is 0.851. The van der Waals surface area contributed by atoms with E-state index in [1.807, 2.05) is 26.0 Å². The van der Waals surface area contributed by atoms with Gasteiger partial charge in [0.05, 0.1) is 11.8 Å². The molecular formula is C14H18N2O. The number of imidazole rings is 1. The maximum atomic E-state index is 9.92. The number of aromatic amines is 1. The smallest absolute Gasteiger partial charge is 0.137 e. The predicted molar refractivity (Wildman–Crippen MR) is 68.6 cm³/mol. The lowest BCUT2D eigenvalue weighted by Gasteiger charge is -2.10. The third kappa shape index (κ3) is 2.56. The van der Waals surface area contributed by atoms with Crippen LogP contribution in [0.2, 0.25) is 0 Å². The van der Waals surface area contributed by atoms with Crippen LogP contribution in [0.15, 0.2) is 30.5 Å². The van der Waals surface area contributed by atoms with Crippen molar-refractivity contribution in [2.75, 3.05) is 0 Å². The minimum Gasteiger partial charge on any atom is -0.386 e. The standard InChI is InChI=1S/C14H18N2O/c1-9(2)13(17)12-8-15-14(16-12)11-6-4-10(3)5-7-11/h4-9,13,17H,1-3H3,(H,15,16). The number of aliphatic hydroxyl groups excluding tert-OH is 1. The Bertz CT molecular complexity index is 485. The first-order valence-electron chi connectivity index (χ1n) is 5.88. The molecule has 1 unspecified atom stereocenters. The first-order chi connectivity index (χ1) is 8.08. The molecule has 0 saturated carbocycles. The van der Waals surface area contributed by atoms with E-state index in [4.69, 9.17) is 0 Å². The fraction of sp³-hybridized carbons (Fsp3) is 0.357. The molecule has 17 heavy (non-hydrogen) atoms. The molecule has 2 aromatic rings. The number of nitrogens with zero attached hydrogens (tertiary/aromatic N) is 1. The summed E-state index contributed by atoms with van der Waals surface area (Å²) in [5.74, 6) is 0.976. The van der Waals surface area contributed by atoms with Gasteiger partial charge < -0.3 is 10.1 Å². The van der Waals surface area contributed by atoms with E-state index in [1.54, 1.807) is 6.20 Å². The Labute approximate surface area is 102 Å². The van der Waals surface area contributed by atoms with E-state index in [2.05, 4.69) is 29.0 Å². The highest BCUT2D eigenvalue weighted by Gasteiger charge is 2.15. The van der Waals surface area contributed by atoms with Gasteiger partial charge in [0, 0.05) is 11.8 Å². The zero-order valence-electron chi connectivity index (χ0n) is 10.4. The second-order valence-corrected chi connectivity index (χ2v) is 4.73. The van der Waals surface area contributed by atoms with Crippen molar-refractivity contribution < 1.29 is 5.11 Å². The van der Waals surface area contributed by atoms with Gasteiger partial charge in [0.25, 0.3) is 0 Å². The van der Waals surface area contributed by atoms with E-state index in [-0.39, 0.29) is 5.92 Å². The van der Waals surface area contributed by atoms with Crippen molar-refractivity contribution in [3.8, 4) is 11.4 Å². The van der Waals surface area contributed by atoms with Gasteiger partial charge in [-0.15, -0.1) is 0 Å². The normalized spacial score (nSPS) is 13.0. The highest BCUT2D eigenvalue weighted by atomic mass is 16.3. The van der Waals surface area contributed by atoms with Crippen LogP contribution in [0.4, 0.5) is 0 Å².